The van der Waals surface area contributed by atoms with E-state index < -0.39 is 0 Å². The highest BCUT2D eigenvalue weighted by Crippen LogP contribution is 2.41. The van der Waals surface area contributed by atoms with Crippen molar-refractivity contribution in [2.75, 3.05) is 42.3 Å². The van der Waals surface area contributed by atoms with Gasteiger partial charge in [-0.2, -0.15) is 0 Å². The number of amides is 2. The molecule has 0 aliphatic carbocycles. The third kappa shape index (κ3) is 5.88. The van der Waals surface area contributed by atoms with Crippen LogP contribution in [0.1, 0.15) is 55.1 Å². The minimum atomic E-state index is -0.281. The number of pyridine rings is 2. The van der Waals surface area contributed by atoms with Crippen LogP contribution < -0.4 is 20.3 Å². The fourth-order valence-electron chi connectivity index (χ4n) is 5.38. The van der Waals surface area contributed by atoms with Gasteiger partial charge < -0.3 is 25.2 Å². The van der Waals surface area contributed by atoms with Crippen LogP contribution >= 0.6 is 0 Å². The van der Waals surface area contributed by atoms with E-state index in [0.29, 0.717) is 48.7 Å². The van der Waals surface area contributed by atoms with Crippen molar-refractivity contribution < 1.29 is 14.3 Å². The second-order valence-electron chi connectivity index (χ2n) is 11.0. The normalized spacial score (nSPS) is 18.1. The summed E-state index contributed by atoms with van der Waals surface area (Å²) in [6.07, 6.45) is 5.72. The molecule has 0 radical (unpaired) electrons. The van der Waals surface area contributed by atoms with E-state index in [2.05, 4.69) is 46.4 Å². The van der Waals surface area contributed by atoms with Crippen LogP contribution in [0.2, 0.25) is 0 Å². The quantitative estimate of drug-likeness (QED) is 0.445. The van der Waals surface area contributed by atoms with E-state index >= 15 is 0 Å². The largest absolute Gasteiger partial charge is 0.476 e. The first kappa shape index (κ1) is 26.6. The van der Waals surface area contributed by atoms with E-state index in [0.717, 1.165) is 29.8 Å². The lowest BCUT2D eigenvalue weighted by molar-refractivity contribution is -0.116. The van der Waals surface area contributed by atoms with Crippen LogP contribution in [0.15, 0.2) is 54.9 Å². The van der Waals surface area contributed by atoms with Gasteiger partial charge in [-0.3, -0.25) is 9.59 Å². The molecule has 9 nitrogen and oxygen atoms in total. The number of hydrogen-bond acceptors (Lipinski definition) is 7. The molecule has 9 heteroatoms. The molecule has 2 N–H and O–H groups in total. The van der Waals surface area contributed by atoms with Crippen molar-refractivity contribution in [1.82, 2.24) is 14.9 Å². The number of nitrogens with one attached hydrogen (secondary N) is 2. The molecule has 4 heterocycles. The summed E-state index contributed by atoms with van der Waals surface area (Å²) in [5.74, 6) is 0.777. The first-order chi connectivity index (χ1) is 18.7. The Balaban J connectivity index is 1.25. The van der Waals surface area contributed by atoms with Crippen molar-refractivity contribution in [3.05, 3.63) is 71.5 Å². The van der Waals surface area contributed by atoms with Crippen LogP contribution in [-0.4, -0.2) is 59.5 Å². The maximum atomic E-state index is 13.3. The minimum absolute atomic E-state index is 0.0143. The van der Waals surface area contributed by atoms with Crippen molar-refractivity contribution in [3.63, 3.8) is 0 Å². The van der Waals surface area contributed by atoms with Crippen molar-refractivity contribution >= 4 is 29.0 Å². The lowest BCUT2D eigenvalue weighted by Crippen LogP contribution is -2.32. The number of hydrogen-bond donors (Lipinski definition) is 2. The molecule has 2 aliphatic rings. The number of nitrogens with zero attached hydrogens (tertiary/aromatic N) is 4. The van der Waals surface area contributed by atoms with Gasteiger partial charge in [0, 0.05) is 61.3 Å². The molecule has 39 heavy (non-hydrogen) atoms. The van der Waals surface area contributed by atoms with E-state index in [1.165, 1.54) is 6.42 Å². The highest BCUT2D eigenvalue weighted by atomic mass is 16.5. The summed E-state index contributed by atoms with van der Waals surface area (Å²) in [5, 5.41) is 6.26. The molecular weight excluding hydrogens is 492 g/mol. The molecule has 1 atom stereocenters. The number of anilines is 3. The fourth-order valence-corrected chi connectivity index (χ4v) is 5.38. The summed E-state index contributed by atoms with van der Waals surface area (Å²) in [7, 11) is 2.13. The molecular formula is C30H36N6O3. The van der Waals surface area contributed by atoms with Crippen LogP contribution in [0.5, 0.6) is 5.88 Å². The first-order valence-electron chi connectivity index (χ1n) is 13.4. The minimum Gasteiger partial charge on any atom is -0.476 e. The number of likely N-dealkylation sites (tertiary alicyclic amines) is 1. The molecule has 1 fully saturated rings. The molecule has 1 saturated heterocycles. The van der Waals surface area contributed by atoms with Gasteiger partial charge in [0.05, 0.1) is 5.56 Å². The van der Waals surface area contributed by atoms with Crippen LogP contribution in [0.3, 0.4) is 0 Å². The Hall–Kier alpha value is -3.98. The number of fused-ring (bicyclic) bond motifs is 1. The molecule has 2 amide bonds. The van der Waals surface area contributed by atoms with Gasteiger partial charge in [0.1, 0.15) is 12.4 Å². The Bertz CT molecular complexity index is 1370. The summed E-state index contributed by atoms with van der Waals surface area (Å²) in [4.78, 5) is 38.3. The molecule has 1 aromatic carbocycles. The van der Waals surface area contributed by atoms with Crippen LogP contribution in [-0.2, 0) is 16.8 Å². The second kappa shape index (κ2) is 11.0. The average Bonchev–Trinajstić information content (AvgIpc) is 3.45. The van der Waals surface area contributed by atoms with Gasteiger partial charge >= 0.3 is 0 Å². The summed E-state index contributed by atoms with van der Waals surface area (Å²) < 4.78 is 5.96. The lowest BCUT2D eigenvalue weighted by Gasteiger charge is -2.19. The predicted octanol–water partition coefficient (Wildman–Crippen LogP) is 4.46. The summed E-state index contributed by atoms with van der Waals surface area (Å²) in [6.45, 7) is 8.60. The summed E-state index contributed by atoms with van der Waals surface area (Å²) in [6, 6.07) is 13.5. The number of benzene rings is 1. The number of aromatic nitrogens is 2. The monoisotopic (exact) mass is 528 g/mol. The lowest BCUT2D eigenvalue weighted by atomic mass is 9.87. The van der Waals surface area contributed by atoms with Gasteiger partial charge in [-0.15, -0.1) is 0 Å². The third-order valence-electron chi connectivity index (χ3n) is 7.62. The predicted molar refractivity (Wildman–Crippen MR) is 152 cm³/mol. The van der Waals surface area contributed by atoms with Gasteiger partial charge in [-0.05, 0) is 67.9 Å². The maximum absolute atomic E-state index is 13.3. The fraction of sp³-hybridized carbons (Fsp3) is 0.400. The summed E-state index contributed by atoms with van der Waals surface area (Å²) >= 11 is 0. The number of likely N-dealkylation sites (N-methyl/N-ethyl adjacent to an activating group) is 1. The molecule has 2 aromatic heterocycles. The molecule has 2 aliphatic heterocycles. The number of carbonyl (C=O) groups excluding carboxylic acids is 2. The zero-order valence-corrected chi connectivity index (χ0v) is 23.0. The average molecular weight is 529 g/mol. The van der Waals surface area contributed by atoms with Crippen LogP contribution in [0, 0.1) is 0 Å². The van der Waals surface area contributed by atoms with Crippen LogP contribution in [0.25, 0.3) is 0 Å². The SMILES string of the molecule is CC(=O)N1CC(C)(C)c2ccc(NC(=O)c3cccnc3NCc3ccnc(OCC4CCCN4C)c3)cc21. The maximum Gasteiger partial charge on any atom is 0.259 e. The third-order valence-corrected chi connectivity index (χ3v) is 7.62. The first-order valence-corrected chi connectivity index (χ1v) is 13.4. The smallest absolute Gasteiger partial charge is 0.259 e. The van der Waals surface area contributed by atoms with Gasteiger partial charge in [0.15, 0.2) is 0 Å². The summed E-state index contributed by atoms with van der Waals surface area (Å²) in [5.41, 5.74) is 3.81. The highest BCUT2D eigenvalue weighted by molar-refractivity contribution is 6.08. The van der Waals surface area contributed by atoms with E-state index in [4.69, 9.17) is 4.74 Å². The van der Waals surface area contributed by atoms with Gasteiger partial charge in [0.2, 0.25) is 11.8 Å². The molecule has 0 saturated carbocycles. The van der Waals surface area contributed by atoms with Gasteiger partial charge in [-0.1, -0.05) is 19.9 Å². The Kier molecular flexibility index (Phi) is 7.52. The Morgan fingerprint density at radius 3 is 2.74 bits per heavy atom. The Morgan fingerprint density at radius 1 is 1.13 bits per heavy atom. The van der Waals surface area contributed by atoms with Crippen molar-refractivity contribution in [2.24, 2.45) is 0 Å². The second-order valence-corrected chi connectivity index (χ2v) is 11.0. The highest BCUT2D eigenvalue weighted by Gasteiger charge is 2.37. The molecule has 204 valence electrons. The topological polar surface area (TPSA) is 99.7 Å². The molecule has 5 rings (SSSR count). The van der Waals surface area contributed by atoms with Crippen LogP contribution in [0.4, 0.5) is 17.2 Å². The molecule has 0 bridgehead atoms. The number of ether oxygens (including phenoxy) is 1. The zero-order chi connectivity index (χ0) is 27.6. The van der Waals surface area contributed by atoms with Gasteiger partial charge in [-0.25, -0.2) is 9.97 Å². The molecule has 0 spiro atoms. The number of rotatable bonds is 8. The molecule has 3 aromatic rings. The zero-order valence-electron chi connectivity index (χ0n) is 23.0. The van der Waals surface area contributed by atoms with Crippen molar-refractivity contribution in [1.29, 1.82) is 0 Å². The van der Waals surface area contributed by atoms with E-state index in [1.54, 1.807) is 36.4 Å². The Labute approximate surface area is 229 Å². The number of carbonyl (C=O) groups is 2. The van der Waals surface area contributed by atoms with Crippen molar-refractivity contribution in [3.8, 4) is 5.88 Å². The van der Waals surface area contributed by atoms with E-state index in [9.17, 15) is 9.59 Å². The van der Waals surface area contributed by atoms with Gasteiger partial charge in [0.25, 0.3) is 5.91 Å². The standard InChI is InChI=1S/C30H36N6O3/c1-20(37)36-19-30(2,3)25-10-9-22(16-26(25)36)34-29(38)24-8-5-12-32-28(24)33-17-21-11-13-31-27(15-21)39-18-23-7-6-14-35(23)4/h5,8-13,15-16,23H,6-7,14,17-19H2,1-4H3,(H,32,33)(H,34,38). The van der Waals surface area contributed by atoms with E-state index in [-0.39, 0.29) is 17.2 Å². The Morgan fingerprint density at radius 2 is 1.97 bits per heavy atom. The molecule has 1 unspecified atom stereocenters. The van der Waals surface area contributed by atoms with Crippen molar-refractivity contribution in [2.45, 2.75) is 51.6 Å². The van der Waals surface area contributed by atoms with E-state index in [1.807, 2.05) is 30.3 Å².